The first-order chi connectivity index (χ1) is 3.98. The van der Waals surface area contributed by atoms with Crippen molar-refractivity contribution in [2.75, 3.05) is 0 Å². The molecular formula is C7H11O2. The lowest BCUT2D eigenvalue weighted by atomic mass is 9.98. The zero-order valence-electron chi connectivity index (χ0n) is 5.81. The molecule has 0 aliphatic rings. The van der Waals surface area contributed by atoms with E-state index in [0.29, 0.717) is 0 Å². The molecule has 51 valence electrons. The zero-order chi connectivity index (χ0) is 7.49. The van der Waals surface area contributed by atoms with Crippen molar-refractivity contribution in [2.24, 2.45) is 5.41 Å². The molecular weight excluding hydrogens is 116 g/mol. The first-order valence-corrected chi connectivity index (χ1v) is 2.66. The van der Waals surface area contributed by atoms with Gasteiger partial charge in [0, 0.05) is 0 Å². The molecule has 0 fully saturated rings. The molecule has 1 radical (unpaired) electrons. The summed E-state index contributed by atoms with van der Waals surface area (Å²) >= 11 is 0. The normalized spacial score (nSPS) is 10.6. The Balaban J connectivity index is 3.88. The summed E-state index contributed by atoms with van der Waals surface area (Å²) in [5.41, 5.74) is -0.672. The minimum Gasteiger partial charge on any atom is -0.435 e. The highest BCUT2D eigenvalue weighted by Crippen LogP contribution is 2.13. The van der Waals surface area contributed by atoms with E-state index in [0.717, 1.165) is 6.26 Å². The lowest BCUT2D eigenvalue weighted by Crippen LogP contribution is -2.21. The van der Waals surface area contributed by atoms with Crippen molar-refractivity contribution in [3.8, 4) is 0 Å². The van der Waals surface area contributed by atoms with Gasteiger partial charge < -0.3 is 4.74 Å². The fourth-order valence-electron chi connectivity index (χ4n) is 0.235. The third kappa shape index (κ3) is 2.90. The maximum atomic E-state index is 10.7. The monoisotopic (exact) mass is 127 g/mol. The predicted octanol–water partition coefficient (Wildman–Crippen LogP) is 1.53. The summed E-state index contributed by atoms with van der Waals surface area (Å²) in [5, 5.41) is 0. The molecule has 0 heterocycles. The quantitative estimate of drug-likeness (QED) is 0.415. The van der Waals surface area contributed by atoms with Crippen molar-refractivity contribution in [3.63, 3.8) is 0 Å². The van der Waals surface area contributed by atoms with E-state index in [9.17, 15) is 4.79 Å². The van der Waals surface area contributed by atoms with Gasteiger partial charge in [0.05, 0.1) is 11.7 Å². The van der Waals surface area contributed by atoms with Gasteiger partial charge in [0.2, 0.25) is 0 Å². The van der Waals surface area contributed by atoms with Crippen LogP contribution < -0.4 is 0 Å². The Hall–Kier alpha value is -0.790. The average molecular weight is 127 g/mol. The Bertz CT molecular complexity index is 119. The standard InChI is InChI=1S/C7H11O2/c1-5-9-6(8)7(2,3)4/h5H,1-2H2,3-4H3. The number of carbonyl (C=O) groups excluding carboxylic acids is 1. The smallest absolute Gasteiger partial charge is 0.316 e. The third-order valence-corrected chi connectivity index (χ3v) is 0.743. The SMILES string of the molecule is [CH2]C(C)(C)C(=O)OC=C. The van der Waals surface area contributed by atoms with Gasteiger partial charge in [0.1, 0.15) is 0 Å². The Kier molecular flexibility index (Phi) is 2.43. The topological polar surface area (TPSA) is 26.3 Å². The van der Waals surface area contributed by atoms with E-state index in [4.69, 9.17) is 0 Å². The van der Waals surface area contributed by atoms with Crippen molar-refractivity contribution in [2.45, 2.75) is 13.8 Å². The molecule has 0 amide bonds. The van der Waals surface area contributed by atoms with E-state index in [-0.39, 0.29) is 5.97 Å². The van der Waals surface area contributed by atoms with E-state index >= 15 is 0 Å². The van der Waals surface area contributed by atoms with E-state index in [1.165, 1.54) is 0 Å². The Morgan fingerprint density at radius 2 is 2.11 bits per heavy atom. The molecule has 0 aliphatic carbocycles. The lowest BCUT2D eigenvalue weighted by molar-refractivity contribution is -0.145. The maximum absolute atomic E-state index is 10.7. The van der Waals surface area contributed by atoms with Gasteiger partial charge in [-0.05, 0) is 20.8 Å². The molecule has 2 heteroatoms. The summed E-state index contributed by atoms with van der Waals surface area (Å²) in [6.07, 6.45) is 1.11. The molecule has 0 bridgehead atoms. The van der Waals surface area contributed by atoms with E-state index in [1.807, 2.05) is 0 Å². The first-order valence-electron chi connectivity index (χ1n) is 2.66. The highest BCUT2D eigenvalue weighted by atomic mass is 16.5. The van der Waals surface area contributed by atoms with Gasteiger partial charge in [-0.15, -0.1) is 0 Å². The molecule has 0 rings (SSSR count). The molecule has 0 aromatic rings. The maximum Gasteiger partial charge on any atom is 0.316 e. The number of esters is 1. The second-order valence-corrected chi connectivity index (χ2v) is 2.46. The molecule has 0 N–H and O–H groups in total. The fraction of sp³-hybridized carbons (Fsp3) is 0.429. The van der Waals surface area contributed by atoms with Crippen LogP contribution in [0.3, 0.4) is 0 Å². The number of carbonyl (C=O) groups is 1. The molecule has 0 spiro atoms. The van der Waals surface area contributed by atoms with E-state index < -0.39 is 5.41 Å². The van der Waals surface area contributed by atoms with E-state index in [2.05, 4.69) is 18.2 Å². The number of rotatable bonds is 2. The van der Waals surface area contributed by atoms with Gasteiger partial charge in [-0.1, -0.05) is 6.58 Å². The molecule has 0 aromatic carbocycles. The third-order valence-electron chi connectivity index (χ3n) is 0.743. The van der Waals surface area contributed by atoms with Gasteiger partial charge in [0.25, 0.3) is 0 Å². The second-order valence-electron chi connectivity index (χ2n) is 2.46. The highest BCUT2D eigenvalue weighted by Gasteiger charge is 2.21. The van der Waals surface area contributed by atoms with Crippen LogP contribution in [0.5, 0.6) is 0 Å². The summed E-state index contributed by atoms with van der Waals surface area (Å²) < 4.78 is 4.47. The molecule has 0 unspecified atom stereocenters. The molecule has 9 heavy (non-hydrogen) atoms. The molecule has 2 nitrogen and oxygen atoms in total. The molecule has 0 aliphatic heterocycles. The number of hydrogen-bond donors (Lipinski definition) is 0. The average Bonchev–Trinajstić information content (AvgIpc) is 1.64. The van der Waals surface area contributed by atoms with Gasteiger partial charge >= 0.3 is 5.97 Å². The van der Waals surface area contributed by atoms with Crippen LogP contribution in [0.15, 0.2) is 12.8 Å². The second kappa shape index (κ2) is 2.67. The molecule has 0 atom stereocenters. The summed E-state index contributed by atoms with van der Waals surface area (Å²) in [5.74, 6) is -0.363. The predicted molar refractivity (Wildman–Crippen MR) is 35.4 cm³/mol. The van der Waals surface area contributed by atoms with Crippen LogP contribution in [0, 0.1) is 12.3 Å². The summed E-state index contributed by atoms with van der Waals surface area (Å²) in [6, 6.07) is 0. The first kappa shape index (κ1) is 8.21. The Morgan fingerprint density at radius 3 is 2.22 bits per heavy atom. The van der Waals surface area contributed by atoms with Crippen LogP contribution in [0.2, 0.25) is 0 Å². The summed E-state index contributed by atoms with van der Waals surface area (Å²) in [6.45, 7) is 10.2. The van der Waals surface area contributed by atoms with Crippen molar-refractivity contribution in [1.82, 2.24) is 0 Å². The minimum absolute atomic E-state index is 0.363. The van der Waals surface area contributed by atoms with Crippen LogP contribution in [-0.4, -0.2) is 5.97 Å². The van der Waals surface area contributed by atoms with Crippen LogP contribution in [0.1, 0.15) is 13.8 Å². The Morgan fingerprint density at radius 1 is 1.67 bits per heavy atom. The van der Waals surface area contributed by atoms with Crippen LogP contribution in [0.4, 0.5) is 0 Å². The van der Waals surface area contributed by atoms with Crippen molar-refractivity contribution < 1.29 is 9.53 Å². The zero-order valence-corrected chi connectivity index (χ0v) is 5.81. The summed E-state index contributed by atoms with van der Waals surface area (Å²) in [7, 11) is 0. The van der Waals surface area contributed by atoms with Crippen molar-refractivity contribution >= 4 is 5.97 Å². The van der Waals surface area contributed by atoms with Crippen LogP contribution in [0.25, 0.3) is 0 Å². The van der Waals surface area contributed by atoms with Gasteiger partial charge in [-0.25, -0.2) is 0 Å². The summed E-state index contributed by atoms with van der Waals surface area (Å²) in [4.78, 5) is 10.7. The van der Waals surface area contributed by atoms with Gasteiger partial charge in [0.15, 0.2) is 0 Å². The lowest BCUT2D eigenvalue weighted by Gasteiger charge is -2.13. The highest BCUT2D eigenvalue weighted by molar-refractivity contribution is 5.77. The van der Waals surface area contributed by atoms with Crippen LogP contribution in [-0.2, 0) is 9.53 Å². The van der Waals surface area contributed by atoms with E-state index in [1.54, 1.807) is 13.8 Å². The van der Waals surface area contributed by atoms with Gasteiger partial charge in [-0.3, -0.25) is 4.79 Å². The minimum atomic E-state index is -0.672. The molecule has 0 saturated carbocycles. The van der Waals surface area contributed by atoms with Crippen molar-refractivity contribution in [1.29, 1.82) is 0 Å². The van der Waals surface area contributed by atoms with Gasteiger partial charge in [-0.2, -0.15) is 0 Å². The number of ether oxygens (including phenoxy) is 1. The largest absolute Gasteiger partial charge is 0.435 e. The number of hydrogen-bond acceptors (Lipinski definition) is 2. The molecule has 0 saturated heterocycles. The van der Waals surface area contributed by atoms with Crippen molar-refractivity contribution in [3.05, 3.63) is 19.8 Å². The van der Waals surface area contributed by atoms with Crippen LogP contribution >= 0.6 is 0 Å². The Labute approximate surface area is 55.5 Å². The fourth-order valence-corrected chi connectivity index (χ4v) is 0.235. The molecule has 0 aromatic heterocycles.